The summed E-state index contributed by atoms with van der Waals surface area (Å²) in [5.41, 5.74) is 1.34. The van der Waals surface area contributed by atoms with E-state index in [1.165, 1.54) is 0 Å². The third-order valence-electron chi connectivity index (χ3n) is 3.32. The highest BCUT2D eigenvalue weighted by atomic mass is 32.1. The maximum absolute atomic E-state index is 13.3. The number of aromatic nitrogens is 1. The van der Waals surface area contributed by atoms with Crippen LogP contribution >= 0.6 is 11.3 Å². The van der Waals surface area contributed by atoms with Crippen molar-refractivity contribution in [3.63, 3.8) is 0 Å². The number of nitrogens with zero attached hydrogens (tertiary/aromatic N) is 1. The number of halogens is 3. The minimum Gasteiger partial charge on any atom is -0.331 e. The van der Waals surface area contributed by atoms with E-state index in [4.69, 9.17) is 0 Å². The monoisotopic (exact) mass is 334 g/mol. The van der Waals surface area contributed by atoms with Gasteiger partial charge < -0.3 is 5.32 Å². The number of aryl methyl sites for hydroxylation is 1. The molecule has 0 aliphatic heterocycles. The molecule has 0 aliphatic carbocycles. The van der Waals surface area contributed by atoms with Crippen LogP contribution < -0.4 is 5.32 Å². The number of nitrogens with one attached hydrogen (secondary N) is 1. The molecule has 1 N–H and O–H groups in total. The van der Waals surface area contributed by atoms with Crippen LogP contribution in [0.15, 0.2) is 54.6 Å². The molecule has 3 rings (SSSR count). The number of benzene rings is 2. The average Bonchev–Trinajstić information content (AvgIpc) is 2.95. The fourth-order valence-corrected chi connectivity index (χ4v) is 3.18. The van der Waals surface area contributed by atoms with Gasteiger partial charge in [-0.25, -0.2) is 4.98 Å². The van der Waals surface area contributed by atoms with Crippen LogP contribution in [0.2, 0.25) is 0 Å². The molecule has 0 spiro atoms. The van der Waals surface area contributed by atoms with E-state index in [1.54, 1.807) is 30.3 Å². The first-order valence-electron chi connectivity index (χ1n) is 6.91. The third-order valence-corrected chi connectivity index (χ3v) is 4.34. The van der Waals surface area contributed by atoms with Crippen LogP contribution in [0, 0.1) is 6.92 Å². The summed E-state index contributed by atoms with van der Waals surface area (Å²) in [4.78, 5) is 3.90. The number of hydrogen-bond acceptors (Lipinski definition) is 3. The fraction of sp³-hybridized carbons (Fsp3) is 0.118. The molecule has 23 heavy (non-hydrogen) atoms. The normalized spacial score (nSPS) is 11.5. The van der Waals surface area contributed by atoms with Gasteiger partial charge >= 0.3 is 6.18 Å². The second-order valence-corrected chi connectivity index (χ2v) is 6.00. The van der Waals surface area contributed by atoms with Gasteiger partial charge in [0, 0.05) is 5.69 Å². The van der Waals surface area contributed by atoms with E-state index in [2.05, 4.69) is 10.3 Å². The summed E-state index contributed by atoms with van der Waals surface area (Å²) in [6.45, 7) is 1.89. The Morgan fingerprint density at radius 1 is 0.957 bits per heavy atom. The van der Waals surface area contributed by atoms with E-state index in [-0.39, 0.29) is 10.0 Å². The van der Waals surface area contributed by atoms with Gasteiger partial charge in [-0.1, -0.05) is 59.9 Å². The van der Waals surface area contributed by atoms with Crippen LogP contribution in [0.25, 0.3) is 10.4 Å². The topological polar surface area (TPSA) is 24.9 Å². The van der Waals surface area contributed by atoms with E-state index in [9.17, 15) is 13.2 Å². The quantitative estimate of drug-likeness (QED) is 0.647. The number of thiazole rings is 1. The zero-order valence-electron chi connectivity index (χ0n) is 12.2. The Morgan fingerprint density at radius 3 is 2.26 bits per heavy atom. The molecular weight excluding hydrogens is 321 g/mol. The molecule has 1 aromatic heterocycles. The maximum atomic E-state index is 13.3. The molecular formula is C17H13F3N2S. The predicted molar refractivity (Wildman–Crippen MR) is 87.0 cm³/mol. The molecule has 0 unspecified atom stereocenters. The highest BCUT2D eigenvalue weighted by Crippen LogP contribution is 2.42. The van der Waals surface area contributed by atoms with Crippen LogP contribution in [-0.2, 0) is 6.18 Å². The summed E-state index contributed by atoms with van der Waals surface area (Å²) in [5, 5.41) is 3.21. The Morgan fingerprint density at radius 2 is 1.61 bits per heavy atom. The predicted octanol–water partition coefficient (Wildman–Crippen LogP) is 5.88. The molecule has 0 saturated heterocycles. The van der Waals surface area contributed by atoms with Crippen molar-refractivity contribution in [3.05, 3.63) is 65.9 Å². The first-order chi connectivity index (χ1) is 10.9. The summed E-state index contributed by atoms with van der Waals surface area (Å²) in [6, 6.07) is 15.9. The Hall–Kier alpha value is -2.34. The molecule has 3 aromatic rings. The number of anilines is 2. The molecule has 1 heterocycles. The fourth-order valence-electron chi connectivity index (χ4n) is 2.18. The van der Waals surface area contributed by atoms with Crippen molar-refractivity contribution in [2.75, 3.05) is 5.32 Å². The van der Waals surface area contributed by atoms with Crippen molar-refractivity contribution in [1.82, 2.24) is 4.98 Å². The van der Waals surface area contributed by atoms with E-state index >= 15 is 0 Å². The molecule has 2 nitrogen and oxygen atoms in total. The molecule has 0 fully saturated rings. The number of hydrogen-bond donors (Lipinski definition) is 1. The number of rotatable bonds is 3. The molecule has 0 aliphatic rings. The van der Waals surface area contributed by atoms with Crippen LogP contribution in [-0.4, -0.2) is 4.98 Å². The summed E-state index contributed by atoms with van der Waals surface area (Å²) < 4.78 is 39.8. The van der Waals surface area contributed by atoms with Crippen molar-refractivity contribution in [3.8, 4) is 10.4 Å². The molecule has 0 amide bonds. The maximum Gasteiger partial charge on any atom is 0.434 e. The lowest BCUT2D eigenvalue weighted by Crippen LogP contribution is -2.07. The summed E-state index contributed by atoms with van der Waals surface area (Å²) >= 11 is 1.00. The Balaban J connectivity index is 2.04. The van der Waals surface area contributed by atoms with E-state index in [1.807, 2.05) is 31.2 Å². The van der Waals surface area contributed by atoms with E-state index in [0.29, 0.717) is 5.56 Å². The van der Waals surface area contributed by atoms with Crippen LogP contribution in [0.5, 0.6) is 0 Å². The van der Waals surface area contributed by atoms with Gasteiger partial charge in [-0.2, -0.15) is 13.2 Å². The Labute approximate surface area is 135 Å². The first kappa shape index (κ1) is 15.6. The highest BCUT2D eigenvalue weighted by molar-refractivity contribution is 7.19. The van der Waals surface area contributed by atoms with Gasteiger partial charge in [0.1, 0.15) is 0 Å². The van der Waals surface area contributed by atoms with Crippen molar-refractivity contribution < 1.29 is 13.2 Å². The lowest BCUT2D eigenvalue weighted by atomic mass is 10.1. The number of alkyl halides is 3. The molecule has 2 aromatic carbocycles. The minimum absolute atomic E-state index is 0.120. The largest absolute Gasteiger partial charge is 0.434 e. The van der Waals surface area contributed by atoms with Gasteiger partial charge in [0.15, 0.2) is 10.8 Å². The van der Waals surface area contributed by atoms with E-state index in [0.717, 1.165) is 22.6 Å². The first-order valence-corrected chi connectivity index (χ1v) is 7.73. The van der Waals surface area contributed by atoms with Crippen molar-refractivity contribution in [1.29, 1.82) is 0 Å². The van der Waals surface area contributed by atoms with Gasteiger partial charge in [0.05, 0.1) is 4.88 Å². The molecule has 0 radical (unpaired) electrons. The summed E-state index contributed by atoms with van der Waals surface area (Å²) in [7, 11) is 0. The average molecular weight is 334 g/mol. The van der Waals surface area contributed by atoms with Crippen LogP contribution in [0.4, 0.5) is 24.0 Å². The third kappa shape index (κ3) is 3.37. The molecule has 0 atom stereocenters. The highest BCUT2D eigenvalue weighted by Gasteiger charge is 2.38. The standard InChI is InChI=1S/C17H13F3N2S/c1-11-7-5-6-10-13(11)21-16-22-15(17(18,19)20)14(23-16)12-8-3-2-4-9-12/h2-10H,1H3,(H,21,22). The van der Waals surface area contributed by atoms with Gasteiger partial charge in [-0.3, -0.25) is 0 Å². The molecule has 118 valence electrons. The molecule has 0 saturated carbocycles. The summed E-state index contributed by atoms with van der Waals surface area (Å²) in [5.74, 6) is 0. The lowest BCUT2D eigenvalue weighted by molar-refractivity contribution is -0.140. The second kappa shape index (κ2) is 6.04. The van der Waals surface area contributed by atoms with Crippen molar-refractivity contribution >= 4 is 22.2 Å². The van der Waals surface area contributed by atoms with Crippen LogP contribution in [0.3, 0.4) is 0 Å². The zero-order chi connectivity index (χ0) is 16.4. The van der Waals surface area contributed by atoms with Crippen molar-refractivity contribution in [2.45, 2.75) is 13.1 Å². The molecule has 0 bridgehead atoms. The lowest BCUT2D eigenvalue weighted by Gasteiger charge is -2.06. The van der Waals surface area contributed by atoms with E-state index < -0.39 is 11.9 Å². The summed E-state index contributed by atoms with van der Waals surface area (Å²) in [6.07, 6.45) is -4.49. The van der Waals surface area contributed by atoms with Gasteiger partial charge in [-0.15, -0.1) is 0 Å². The van der Waals surface area contributed by atoms with Gasteiger partial charge in [0.2, 0.25) is 0 Å². The van der Waals surface area contributed by atoms with Gasteiger partial charge in [0.25, 0.3) is 0 Å². The Kier molecular flexibility index (Phi) is 4.09. The van der Waals surface area contributed by atoms with Crippen LogP contribution in [0.1, 0.15) is 11.3 Å². The smallest absolute Gasteiger partial charge is 0.331 e. The van der Waals surface area contributed by atoms with Crippen molar-refractivity contribution in [2.24, 2.45) is 0 Å². The zero-order valence-corrected chi connectivity index (χ0v) is 13.0. The molecule has 6 heteroatoms. The minimum atomic E-state index is -4.49. The SMILES string of the molecule is Cc1ccccc1Nc1nc(C(F)(F)F)c(-c2ccccc2)s1. The second-order valence-electron chi connectivity index (χ2n) is 5.00. The van der Waals surface area contributed by atoms with Gasteiger partial charge in [-0.05, 0) is 24.1 Å². The Bertz CT molecular complexity index is 810. The number of para-hydroxylation sites is 1.